The minimum absolute atomic E-state index is 0.151. The second kappa shape index (κ2) is 6.27. The quantitative estimate of drug-likeness (QED) is 0.772. The third kappa shape index (κ3) is 4.79. The lowest BCUT2D eigenvalue weighted by atomic mass is 10.0. The topological polar surface area (TPSA) is 87.7 Å². The van der Waals surface area contributed by atoms with Gasteiger partial charge in [0.05, 0.1) is 13.5 Å². The number of rotatable bonds is 5. The fraction of sp³-hybridized carbons (Fsp3) is 0.429. The van der Waals surface area contributed by atoms with Crippen LogP contribution in [0.1, 0.15) is 25.8 Å². The predicted octanol–water partition coefficient (Wildman–Crippen LogP) is 2.38. The second-order valence-electron chi connectivity index (χ2n) is 5.22. The molecule has 0 aliphatic heterocycles. The van der Waals surface area contributed by atoms with Crippen molar-refractivity contribution in [2.24, 2.45) is 0 Å². The molecule has 110 valence electrons. The molecule has 1 aromatic carbocycles. The first-order valence-corrected chi connectivity index (χ1v) is 6.19. The Balaban J connectivity index is 2.67. The number of nitrogens with one attached hydrogen (secondary N) is 2. The molecule has 2 amide bonds. The average Bonchev–Trinajstić information content (AvgIpc) is 2.25. The van der Waals surface area contributed by atoms with Gasteiger partial charge in [-0.25, -0.2) is 4.79 Å². The Labute approximate surface area is 118 Å². The summed E-state index contributed by atoms with van der Waals surface area (Å²) in [5.41, 5.74) is 0.694. The van der Waals surface area contributed by atoms with E-state index in [2.05, 4.69) is 10.6 Å². The van der Waals surface area contributed by atoms with Crippen molar-refractivity contribution in [1.82, 2.24) is 5.32 Å². The Hall–Kier alpha value is -2.24. The van der Waals surface area contributed by atoms with E-state index in [9.17, 15) is 9.59 Å². The molecular formula is C14H20N2O4. The number of ether oxygens (including phenoxy) is 1. The van der Waals surface area contributed by atoms with Crippen molar-refractivity contribution < 1.29 is 19.4 Å². The van der Waals surface area contributed by atoms with Crippen LogP contribution in [0.5, 0.6) is 5.75 Å². The van der Waals surface area contributed by atoms with Crippen LogP contribution in [0.2, 0.25) is 0 Å². The number of anilines is 1. The van der Waals surface area contributed by atoms with Crippen LogP contribution in [0.25, 0.3) is 0 Å². The standard InChI is InChI=1S/C14H20N2O4/c1-9-7-10(5-6-11(9)20-4)15-13(19)16-14(2,3)8-12(17)18/h5-7H,8H2,1-4H3,(H,17,18)(H2,15,16,19). The molecule has 6 heteroatoms. The van der Waals surface area contributed by atoms with E-state index >= 15 is 0 Å². The molecule has 0 saturated carbocycles. The van der Waals surface area contributed by atoms with Crippen LogP contribution in [0, 0.1) is 6.92 Å². The molecule has 0 heterocycles. The Morgan fingerprint density at radius 2 is 2.00 bits per heavy atom. The number of carbonyl (C=O) groups is 2. The summed E-state index contributed by atoms with van der Waals surface area (Å²) in [7, 11) is 1.58. The molecule has 0 aromatic heterocycles. The van der Waals surface area contributed by atoms with Crippen molar-refractivity contribution in [3.05, 3.63) is 23.8 Å². The van der Waals surface area contributed by atoms with Crippen molar-refractivity contribution in [2.45, 2.75) is 32.7 Å². The van der Waals surface area contributed by atoms with Gasteiger partial charge in [-0.2, -0.15) is 0 Å². The normalized spacial score (nSPS) is 10.8. The van der Waals surface area contributed by atoms with E-state index in [-0.39, 0.29) is 6.42 Å². The van der Waals surface area contributed by atoms with Crippen LogP contribution in [0.3, 0.4) is 0 Å². The van der Waals surface area contributed by atoms with Gasteiger partial charge in [0, 0.05) is 11.2 Å². The Morgan fingerprint density at radius 1 is 1.35 bits per heavy atom. The number of aliphatic carboxylic acids is 1. The molecule has 20 heavy (non-hydrogen) atoms. The summed E-state index contributed by atoms with van der Waals surface area (Å²) in [5.74, 6) is -0.224. The van der Waals surface area contributed by atoms with Crippen molar-refractivity contribution in [3.63, 3.8) is 0 Å². The van der Waals surface area contributed by atoms with Crippen LogP contribution < -0.4 is 15.4 Å². The first kappa shape index (κ1) is 15.8. The number of carboxylic acids is 1. The zero-order valence-electron chi connectivity index (χ0n) is 12.1. The number of carbonyl (C=O) groups excluding carboxylic acids is 1. The maximum Gasteiger partial charge on any atom is 0.319 e. The summed E-state index contributed by atoms with van der Waals surface area (Å²) >= 11 is 0. The SMILES string of the molecule is COc1ccc(NC(=O)NC(C)(C)CC(=O)O)cc1C. The monoisotopic (exact) mass is 280 g/mol. The summed E-state index contributed by atoms with van der Waals surface area (Å²) in [6.45, 7) is 5.18. The lowest BCUT2D eigenvalue weighted by molar-refractivity contribution is -0.138. The molecule has 0 aliphatic rings. The second-order valence-corrected chi connectivity index (χ2v) is 5.22. The summed E-state index contributed by atoms with van der Waals surface area (Å²) in [4.78, 5) is 22.5. The highest BCUT2D eigenvalue weighted by Crippen LogP contribution is 2.21. The molecular weight excluding hydrogens is 260 g/mol. The maximum absolute atomic E-state index is 11.8. The molecule has 1 aromatic rings. The largest absolute Gasteiger partial charge is 0.496 e. The van der Waals surface area contributed by atoms with E-state index in [0.29, 0.717) is 5.69 Å². The van der Waals surface area contributed by atoms with Gasteiger partial charge in [-0.05, 0) is 44.5 Å². The zero-order chi connectivity index (χ0) is 15.3. The lowest BCUT2D eigenvalue weighted by Crippen LogP contribution is -2.46. The number of hydrogen-bond acceptors (Lipinski definition) is 3. The molecule has 0 saturated heterocycles. The van der Waals surface area contributed by atoms with Crippen LogP contribution in [-0.2, 0) is 4.79 Å². The molecule has 0 aliphatic carbocycles. The predicted molar refractivity (Wildman–Crippen MR) is 76.2 cm³/mol. The highest BCUT2D eigenvalue weighted by molar-refractivity contribution is 5.90. The number of hydrogen-bond donors (Lipinski definition) is 3. The summed E-state index contributed by atoms with van der Waals surface area (Å²) in [6.07, 6.45) is -0.151. The number of carboxylic acid groups (broad SMARTS) is 1. The van der Waals surface area contributed by atoms with Crippen LogP contribution in [0.4, 0.5) is 10.5 Å². The van der Waals surface area contributed by atoms with Gasteiger partial charge in [-0.15, -0.1) is 0 Å². The minimum Gasteiger partial charge on any atom is -0.496 e. The van der Waals surface area contributed by atoms with Crippen molar-refractivity contribution >= 4 is 17.7 Å². The number of aryl methyl sites for hydroxylation is 1. The Kier molecular flexibility index (Phi) is 4.96. The van der Waals surface area contributed by atoms with Crippen LogP contribution >= 0.6 is 0 Å². The van der Waals surface area contributed by atoms with Gasteiger partial charge in [0.15, 0.2) is 0 Å². The van der Waals surface area contributed by atoms with Crippen molar-refractivity contribution in [1.29, 1.82) is 0 Å². The summed E-state index contributed by atoms with van der Waals surface area (Å²) in [5, 5.41) is 14.0. The zero-order valence-corrected chi connectivity index (χ0v) is 12.1. The molecule has 0 atom stereocenters. The molecule has 3 N–H and O–H groups in total. The Bertz CT molecular complexity index is 512. The third-order valence-corrected chi connectivity index (χ3v) is 2.70. The molecule has 0 unspecified atom stereocenters. The van der Waals surface area contributed by atoms with Gasteiger partial charge in [-0.1, -0.05) is 0 Å². The van der Waals surface area contributed by atoms with Crippen LogP contribution in [-0.4, -0.2) is 29.8 Å². The van der Waals surface area contributed by atoms with Gasteiger partial charge in [-0.3, -0.25) is 4.79 Å². The van der Waals surface area contributed by atoms with Gasteiger partial charge in [0.2, 0.25) is 0 Å². The van der Waals surface area contributed by atoms with E-state index in [1.807, 2.05) is 6.92 Å². The van der Waals surface area contributed by atoms with Gasteiger partial charge in [0.25, 0.3) is 0 Å². The smallest absolute Gasteiger partial charge is 0.319 e. The molecule has 1 rings (SSSR count). The summed E-state index contributed by atoms with van der Waals surface area (Å²) < 4.78 is 5.14. The molecule has 0 spiro atoms. The number of methoxy groups -OCH3 is 1. The Morgan fingerprint density at radius 3 is 2.50 bits per heavy atom. The molecule has 0 radical (unpaired) electrons. The lowest BCUT2D eigenvalue weighted by Gasteiger charge is -2.24. The maximum atomic E-state index is 11.8. The molecule has 0 bridgehead atoms. The van der Waals surface area contributed by atoms with Gasteiger partial charge in [0.1, 0.15) is 5.75 Å². The van der Waals surface area contributed by atoms with E-state index in [1.54, 1.807) is 39.2 Å². The molecule has 0 fully saturated rings. The van der Waals surface area contributed by atoms with E-state index in [4.69, 9.17) is 9.84 Å². The number of urea groups is 1. The highest BCUT2D eigenvalue weighted by atomic mass is 16.5. The van der Waals surface area contributed by atoms with Gasteiger partial charge >= 0.3 is 12.0 Å². The third-order valence-electron chi connectivity index (χ3n) is 2.70. The first-order chi connectivity index (χ1) is 9.23. The first-order valence-electron chi connectivity index (χ1n) is 6.19. The van der Waals surface area contributed by atoms with E-state index in [1.165, 1.54) is 0 Å². The fourth-order valence-electron chi connectivity index (χ4n) is 1.85. The van der Waals surface area contributed by atoms with Gasteiger partial charge < -0.3 is 20.5 Å². The van der Waals surface area contributed by atoms with Crippen molar-refractivity contribution in [2.75, 3.05) is 12.4 Å². The minimum atomic E-state index is -0.962. The number of amides is 2. The summed E-state index contributed by atoms with van der Waals surface area (Å²) in [6, 6.07) is 4.81. The van der Waals surface area contributed by atoms with E-state index < -0.39 is 17.5 Å². The average molecular weight is 280 g/mol. The van der Waals surface area contributed by atoms with Crippen LogP contribution in [0.15, 0.2) is 18.2 Å². The molecule has 6 nitrogen and oxygen atoms in total. The van der Waals surface area contributed by atoms with Crippen molar-refractivity contribution in [3.8, 4) is 5.75 Å². The van der Waals surface area contributed by atoms with E-state index in [0.717, 1.165) is 11.3 Å². The fourth-order valence-corrected chi connectivity index (χ4v) is 1.85. The number of benzene rings is 1. The highest BCUT2D eigenvalue weighted by Gasteiger charge is 2.23.